The van der Waals surface area contributed by atoms with Gasteiger partial charge < -0.3 is 19.5 Å². The fourth-order valence-corrected chi connectivity index (χ4v) is 2.33. The van der Waals surface area contributed by atoms with Crippen LogP contribution < -0.4 is 19.5 Å². The van der Waals surface area contributed by atoms with Crippen LogP contribution in [0.5, 0.6) is 17.2 Å². The maximum absolute atomic E-state index is 13.6. The van der Waals surface area contributed by atoms with Gasteiger partial charge in [-0.1, -0.05) is 18.2 Å². The van der Waals surface area contributed by atoms with Gasteiger partial charge in [0.1, 0.15) is 5.82 Å². The number of methoxy groups -OCH3 is 3. The molecule has 1 amide bonds. The molecule has 128 valence electrons. The molecule has 0 aliphatic carbocycles. The molecule has 0 fully saturated rings. The van der Waals surface area contributed by atoms with Crippen LogP contribution in [0.15, 0.2) is 36.4 Å². The Balaban J connectivity index is 2.08. The van der Waals surface area contributed by atoms with Gasteiger partial charge in [0.05, 0.1) is 21.3 Å². The molecule has 0 spiro atoms. The molecular weight excluding hydrogens is 313 g/mol. The van der Waals surface area contributed by atoms with Crippen molar-refractivity contribution in [2.75, 3.05) is 27.9 Å². The molecule has 0 atom stereocenters. The van der Waals surface area contributed by atoms with Crippen molar-refractivity contribution in [3.8, 4) is 17.2 Å². The number of benzene rings is 2. The molecule has 0 aliphatic rings. The van der Waals surface area contributed by atoms with Crippen molar-refractivity contribution < 1.29 is 23.4 Å². The van der Waals surface area contributed by atoms with Crippen molar-refractivity contribution in [2.45, 2.75) is 6.42 Å². The number of halogens is 1. The molecule has 0 heterocycles. The van der Waals surface area contributed by atoms with Crippen molar-refractivity contribution >= 4 is 5.91 Å². The number of hydrogen-bond acceptors (Lipinski definition) is 4. The van der Waals surface area contributed by atoms with E-state index in [0.29, 0.717) is 41.3 Å². The summed E-state index contributed by atoms with van der Waals surface area (Å²) in [5, 5.41) is 2.76. The van der Waals surface area contributed by atoms with Crippen LogP contribution in [-0.2, 0) is 6.42 Å². The Bertz CT molecular complexity index is 693. The summed E-state index contributed by atoms with van der Waals surface area (Å²) < 4.78 is 29.2. The van der Waals surface area contributed by atoms with Gasteiger partial charge in [-0.25, -0.2) is 4.39 Å². The SMILES string of the molecule is COc1cc(C(=O)NCCc2ccccc2F)cc(OC)c1OC. The monoisotopic (exact) mass is 333 g/mol. The summed E-state index contributed by atoms with van der Waals surface area (Å²) in [6, 6.07) is 9.63. The first-order chi connectivity index (χ1) is 11.6. The van der Waals surface area contributed by atoms with Crippen LogP contribution in [0.25, 0.3) is 0 Å². The van der Waals surface area contributed by atoms with Gasteiger partial charge in [-0.3, -0.25) is 4.79 Å². The summed E-state index contributed by atoms with van der Waals surface area (Å²) in [6.45, 7) is 0.316. The van der Waals surface area contributed by atoms with Gasteiger partial charge in [0.2, 0.25) is 5.75 Å². The largest absolute Gasteiger partial charge is 0.493 e. The smallest absolute Gasteiger partial charge is 0.251 e. The van der Waals surface area contributed by atoms with Crippen molar-refractivity contribution in [3.05, 3.63) is 53.3 Å². The zero-order valence-corrected chi connectivity index (χ0v) is 13.9. The summed E-state index contributed by atoms with van der Waals surface area (Å²) in [4.78, 5) is 12.3. The minimum absolute atomic E-state index is 0.278. The second-order valence-electron chi connectivity index (χ2n) is 5.01. The van der Waals surface area contributed by atoms with E-state index in [4.69, 9.17) is 14.2 Å². The Labute approximate surface area is 140 Å². The molecule has 1 N–H and O–H groups in total. The lowest BCUT2D eigenvalue weighted by molar-refractivity contribution is 0.0953. The average molecular weight is 333 g/mol. The molecule has 6 heteroatoms. The van der Waals surface area contributed by atoms with Crippen molar-refractivity contribution in [1.29, 1.82) is 0 Å². The minimum Gasteiger partial charge on any atom is -0.493 e. The first-order valence-electron chi connectivity index (χ1n) is 7.42. The normalized spacial score (nSPS) is 10.2. The lowest BCUT2D eigenvalue weighted by atomic mass is 10.1. The molecule has 0 aliphatic heterocycles. The quantitative estimate of drug-likeness (QED) is 0.846. The molecule has 0 bridgehead atoms. The second kappa shape index (κ2) is 8.19. The fourth-order valence-electron chi connectivity index (χ4n) is 2.33. The summed E-state index contributed by atoms with van der Waals surface area (Å²) >= 11 is 0. The number of hydrogen-bond donors (Lipinski definition) is 1. The third-order valence-electron chi connectivity index (χ3n) is 3.56. The van der Waals surface area contributed by atoms with Gasteiger partial charge in [-0.05, 0) is 30.2 Å². The van der Waals surface area contributed by atoms with Gasteiger partial charge in [-0.2, -0.15) is 0 Å². The van der Waals surface area contributed by atoms with E-state index in [1.807, 2.05) is 0 Å². The zero-order valence-electron chi connectivity index (χ0n) is 13.9. The van der Waals surface area contributed by atoms with E-state index < -0.39 is 0 Å². The average Bonchev–Trinajstić information content (AvgIpc) is 2.61. The summed E-state index contributed by atoms with van der Waals surface area (Å²) in [7, 11) is 4.46. The Morgan fingerprint density at radius 2 is 1.67 bits per heavy atom. The maximum Gasteiger partial charge on any atom is 0.251 e. The Kier molecular flexibility index (Phi) is 6.01. The number of carbonyl (C=O) groups is 1. The fraction of sp³-hybridized carbons (Fsp3) is 0.278. The zero-order chi connectivity index (χ0) is 17.5. The van der Waals surface area contributed by atoms with Crippen LogP contribution in [0.4, 0.5) is 4.39 Å². The highest BCUT2D eigenvalue weighted by molar-refractivity contribution is 5.95. The third kappa shape index (κ3) is 3.95. The first kappa shape index (κ1) is 17.6. The maximum atomic E-state index is 13.6. The van der Waals surface area contributed by atoms with Crippen LogP contribution >= 0.6 is 0 Å². The standard InChI is InChI=1S/C18H20FNO4/c1-22-15-10-13(11-16(23-2)17(15)24-3)18(21)20-9-8-12-6-4-5-7-14(12)19/h4-7,10-11H,8-9H2,1-3H3,(H,20,21). The van der Waals surface area contributed by atoms with Gasteiger partial charge >= 0.3 is 0 Å². The lowest BCUT2D eigenvalue weighted by Gasteiger charge is -2.14. The lowest BCUT2D eigenvalue weighted by Crippen LogP contribution is -2.26. The number of rotatable bonds is 7. The van der Waals surface area contributed by atoms with E-state index in [-0.39, 0.29) is 11.7 Å². The molecule has 2 aromatic rings. The molecule has 5 nitrogen and oxygen atoms in total. The van der Waals surface area contributed by atoms with E-state index in [1.54, 1.807) is 30.3 Å². The number of amides is 1. The second-order valence-corrected chi connectivity index (χ2v) is 5.01. The first-order valence-corrected chi connectivity index (χ1v) is 7.42. The Morgan fingerprint density at radius 3 is 2.21 bits per heavy atom. The van der Waals surface area contributed by atoms with Gasteiger partial charge in [0, 0.05) is 12.1 Å². The van der Waals surface area contributed by atoms with Crippen molar-refractivity contribution in [3.63, 3.8) is 0 Å². The highest BCUT2D eigenvalue weighted by Gasteiger charge is 2.16. The third-order valence-corrected chi connectivity index (χ3v) is 3.56. The molecule has 0 saturated carbocycles. The molecular formula is C18H20FNO4. The number of ether oxygens (including phenoxy) is 3. The van der Waals surface area contributed by atoms with E-state index in [2.05, 4.69) is 5.32 Å². The predicted molar refractivity (Wildman–Crippen MR) is 88.5 cm³/mol. The summed E-state index contributed by atoms with van der Waals surface area (Å²) in [6.07, 6.45) is 0.406. The highest BCUT2D eigenvalue weighted by Crippen LogP contribution is 2.38. The van der Waals surface area contributed by atoms with Crippen LogP contribution in [-0.4, -0.2) is 33.8 Å². The van der Waals surface area contributed by atoms with E-state index in [1.165, 1.54) is 27.4 Å². The number of carbonyl (C=O) groups excluding carboxylic acids is 1. The Hall–Kier alpha value is -2.76. The molecule has 0 unspecified atom stereocenters. The Morgan fingerprint density at radius 1 is 1.04 bits per heavy atom. The number of nitrogens with one attached hydrogen (secondary N) is 1. The minimum atomic E-state index is -0.300. The van der Waals surface area contributed by atoms with Crippen molar-refractivity contribution in [2.24, 2.45) is 0 Å². The van der Waals surface area contributed by atoms with E-state index in [0.717, 1.165) is 0 Å². The van der Waals surface area contributed by atoms with Crippen molar-refractivity contribution in [1.82, 2.24) is 5.32 Å². The predicted octanol–water partition coefficient (Wildman–Crippen LogP) is 2.82. The summed E-state index contributed by atoms with van der Waals surface area (Å²) in [5.74, 6) is 0.639. The van der Waals surface area contributed by atoms with Gasteiger partial charge in [0.15, 0.2) is 11.5 Å². The molecule has 24 heavy (non-hydrogen) atoms. The molecule has 0 aromatic heterocycles. The van der Waals surface area contributed by atoms with Crippen LogP contribution in [0, 0.1) is 5.82 Å². The summed E-state index contributed by atoms with van der Waals surface area (Å²) in [5.41, 5.74) is 0.931. The van der Waals surface area contributed by atoms with Gasteiger partial charge in [-0.15, -0.1) is 0 Å². The van der Waals surface area contributed by atoms with Crippen LogP contribution in [0.1, 0.15) is 15.9 Å². The van der Waals surface area contributed by atoms with Gasteiger partial charge in [0.25, 0.3) is 5.91 Å². The molecule has 2 rings (SSSR count). The van der Waals surface area contributed by atoms with E-state index >= 15 is 0 Å². The molecule has 0 radical (unpaired) electrons. The van der Waals surface area contributed by atoms with E-state index in [9.17, 15) is 9.18 Å². The van der Waals surface area contributed by atoms with Crippen LogP contribution in [0.2, 0.25) is 0 Å². The molecule has 0 saturated heterocycles. The topological polar surface area (TPSA) is 56.8 Å². The van der Waals surface area contributed by atoms with Crippen LogP contribution in [0.3, 0.4) is 0 Å². The highest BCUT2D eigenvalue weighted by atomic mass is 19.1. The molecule has 2 aromatic carbocycles.